The first-order valence-electron chi connectivity index (χ1n) is 8.91. The van der Waals surface area contributed by atoms with Gasteiger partial charge in [-0.05, 0) is 48.0 Å². The summed E-state index contributed by atoms with van der Waals surface area (Å²) in [5.41, 5.74) is 0.890. The summed E-state index contributed by atoms with van der Waals surface area (Å²) in [5, 5.41) is 1.68. The standard InChI is InChI=1S/C22H11Cl3N2O3/c23-12-3-1-11(2-4-12)19-18-20(28)15-9-13(24)5-7-16(15)30-21(18)22(29)27(19)17-8-6-14(25)10-26-17/h1-10,19H/t19-/m1/s1. The van der Waals surface area contributed by atoms with Crippen LogP contribution in [0.15, 0.2) is 70.0 Å². The van der Waals surface area contributed by atoms with Gasteiger partial charge in [-0.1, -0.05) is 46.9 Å². The van der Waals surface area contributed by atoms with Crippen LogP contribution in [0.2, 0.25) is 15.1 Å². The van der Waals surface area contributed by atoms with Crippen molar-refractivity contribution >= 4 is 57.5 Å². The molecule has 8 heteroatoms. The highest BCUT2D eigenvalue weighted by molar-refractivity contribution is 6.31. The molecule has 5 nitrogen and oxygen atoms in total. The number of fused-ring (bicyclic) bond motifs is 2. The first kappa shape index (κ1) is 19.1. The van der Waals surface area contributed by atoms with Gasteiger partial charge in [-0.2, -0.15) is 0 Å². The number of halogens is 3. The van der Waals surface area contributed by atoms with E-state index in [0.29, 0.717) is 31.8 Å². The minimum Gasteiger partial charge on any atom is -0.450 e. The largest absolute Gasteiger partial charge is 0.450 e. The van der Waals surface area contributed by atoms with Gasteiger partial charge in [0.15, 0.2) is 5.43 Å². The highest BCUT2D eigenvalue weighted by atomic mass is 35.5. The third-order valence-electron chi connectivity index (χ3n) is 4.98. The Morgan fingerprint density at radius 2 is 1.57 bits per heavy atom. The van der Waals surface area contributed by atoms with E-state index in [1.54, 1.807) is 48.5 Å². The predicted octanol–water partition coefficient (Wildman–Crippen LogP) is 5.90. The Balaban J connectivity index is 1.81. The number of benzene rings is 2. The highest BCUT2D eigenvalue weighted by Crippen LogP contribution is 2.41. The molecule has 1 atom stereocenters. The van der Waals surface area contributed by atoms with Crippen LogP contribution in [-0.4, -0.2) is 10.9 Å². The Morgan fingerprint density at radius 1 is 0.867 bits per heavy atom. The van der Waals surface area contributed by atoms with Crippen LogP contribution in [0.4, 0.5) is 5.82 Å². The third-order valence-corrected chi connectivity index (χ3v) is 5.69. The number of carbonyl (C=O) groups excluding carboxylic acids is 1. The van der Waals surface area contributed by atoms with Crippen molar-refractivity contribution in [2.45, 2.75) is 6.04 Å². The molecule has 30 heavy (non-hydrogen) atoms. The van der Waals surface area contributed by atoms with E-state index < -0.39 is 11.9 Å². The van der Waals surface area contributed by atoms with Crippen molar-refractivity contribution in [2.75, 3.05) is 4.90 Å². The van der Waals surface area contributed by atoms with Crippen LogP contribution < -0.4 is 10.3 Å². The molecule has 1 aliphatic rings. The van der Waals surface area contributed by atoms with Gasteiger partial charge in [-0.3, -0.25) is 14.5 Å². The van der Waals surface area contributed by atoms with Gasteiger partial charge in [0, 0.05) is 16.2 Å². The molecule has 2 aromatic heterocycles. The van der Waals surface area contributed by atoms with Crippen LogP contribution in [0.5, 0.6) is 0 Å². The van der Waals surface area contributed by atoms with E-state index in [2.05, 4.69) is 4.98 Å². The summed E-state index contributed by atoms with van der Waals surface area (Å²) >= 11 is 18.1. The third kappa shape index (κ3) is 2.98. The molecule has 0 fully saturated rings. The Kier molecular flexibility index (Phi) is 4.54. The number of nitrogens with zero attached hydrogens (tertiary/aromatic N) is 2. The lowest BCUT2D eigenvalue weighted by molar-refractivity contribution is 0.0970. The van der Waals surface area contributed by atoms with E-state index in [0.717, 1.165) is 0 Å². The van der Waals surface area contributed by atoms with Gasteiger partial charge in [-0.25, -0.2) is 4.98 Å². The van der Waals surface area contributed by atoms with Gasteiger partial charge in [-0.15, -0.1) is 0 Å². The van der Waals surface area contributed by atoms with E-state index >= 15 is 0 Å². The summed E-state index contributed by atoms with van der Waals surface area (Å²) in [4.78, 5) is 32.5. The lowest BCUT2D eigenvalue weighted by Gasteiger charge is -2.24. The zero-order chi connectivity index (χ0) is 21.0. The quantitative estimate of drug-likeness (QED) is 0.376. The Morgan fingerprint density at radius 3 is 2.27 bits per heavy atom. The second-order valence-electron chi connectivity index (χ2n) is 6.78. The number of hydrogen-bond donors (Lipinski definition) is 0. The summed E-state index contributed by atoms with van der Waals surface area (Å²) in [6.45, 7) is 0. The van der Waals surface area contributed by atoms with Gasteiger partial charge in [0.2, 0.25) is 5.76 Å². The normalized spacial score (nSPS) is 15.6. The first-order chi connectivity index (χ1) is 14.4. The lowest BCUT2D eigenvalue weighted by Crippen LogP contribution is -2.30. The maximum atomic E-state index is 13.4. The zero-order valence-corrected chi connectivity index (χ0v) is 17.4. The number of amides is 1. The molecule has 0 saturated heterocycles. The van der Waals surface area contributed by atoms with Crippen molar-refractivity contribution in [1.82, 2.24) is 4.98 Å². The first-order valence-corrected chi connectivity index (χ1v) is 10.0. The van der Waals surface area contributed by atoms with Gasteiger partial charge in [0.1, 0.15) is 11.4 Å². The minimum absolute atomic E-state index is 0.0217. The number of pyridine rings is 1. The molecule has 148 valence electrons. The maximum absolute atomic E-state index is 13.4. The van der Waals surface area contributed by atoms with Crippen molar-refractivity contribution in [3.05, 3.63) is 103 Å². The van der Waals surface area contributed by atoms with Crippen LogP contribution >= 0.6 is 34.8 Å². The van der Waals surface area contributed by atoms with Crippen LogP contribution in [0.25, 0.3) is 11.0 Å². The van der Waals surface area contributed by atoms with Gasteiger partial charge >= 0.3 is 0 Å². The number of aromatic nitrogens is 1. The molecular formula is C22H11Cl3N2O3. The number of rotatable bonds is 2. The van der Waals surface area contributed by atoms with Gasteiger partial charge < -0.3 is 4.42 Å². The summed E-state index contributed by atoms with van der Waals surface area (Å²) < 4.78 is 5.87. The van der Waals surface area contributed by atoms with Crippen LogP contribution in [0.1, 0.15) is 27.7 Å². The fraction of sp³-hybridized carbons (Fsp3) is 0.0455. The number of hydrogen-bond acceptors (Lipinski definition) is 4. The van der Waals surface area contributed by atoms with Gasteiger partial charge in [0.05, 0.1) is 22.0 Å². The van der Waals surface area contributed by atoms with Crippen molar-refractivity contribution in [3.63, 3.8) is 0 Å². The van der Waals surface area contributed by atoms with E-state index in [9.17, 15) is 9.59 Å². The van der Waals surface area contributed by atoms with Crippen molar-refractivity contribution in [2.24, 2.45) is 0 Å². The molecule has 0 radical (unpaired) electrons. The average Bonchev–Trinajstić information content (AvgIpc) is 3.03. The molecule has 0 saturated carbocycles. The average molecular weight is 458 g/mol. The van der Waals surface area contributed by atoms with E-state index in [1.165, 1.54) is 17.2 Å². The molecule has 2 aromatic carbocycles. The van der Waals surface area contributed by atoms with Crippen LogP contribution in [0, 0.1) is 0 Å². The summed E-state index contributed by atoms with van der Waals surface area (Å²) in [5.74, 6) is -0.141. The number of carbonyl (C=O) groups is 1. The minimum atomic E-state index is -0.738. The van der Waals surface area contributed by atoms with Crippen molar-refractivity contribution < 1.29 is 9.21 Å². The van der Waals surface area contributed by atoms with Crippen LogP contribution in [0.3, 0.4) is 0 Å². The SMILES string of the molecule is O=C1c2oc3ccc(Cl)cc3c(=O)c2[C@@H](c2ccc(Cl)cc2)N1c1ccc(Cl)cn1. The Hall–Kier alpha value is -2.86. The maximum Gasteiger partial charge on any atom is 0.296 e. The molecular weight excluding hydrogens is 447 g/mol. The molecule has 0 unspecified atom stereocenters. The predicted molar refractivity (Wildman–Crippen MR) is 117 cm³/mol. The van der Waals surface area contributed by atoms with E-state index in [-0.39, 0.29) is 22.3 Å². The second kappa shape index (κ2) is 7.13. The molecule has 1 aliphatic heterocycles. The molecule has 3 heterocycles. The smallest absolute Gasteiger partial charge is 0.296 e. The zero-order valence-electron chi connectivity index (χ0n) is 15.1. The summed E-state index contributed by atoms with van der Waals surface area (Å²) in [6, 6.07) is 14.2. The topological polar surface area (TPSA) is 63.4 Å². The molecule has 0 bridgehead atoms. The number of anilines is 1. The Labute approximate surface area is 185 Å². The highest BCUT2D eigenvalue weighted by Gasteiger charge is 2.44. The molecule has 0 N–H and O–H groups in total. The second-order valence-corrected chi connectivity index (χ2v) is 8.09. The fourth-order valence-corrected chi connectivity index (χ4v) is 4.06. The van der Waals surface area contributed by atoms with E-state index in [1.807, 2.05) is 0 Å². The van der Waals surface area contributed by atoms with E-state index in [4.69, 9.17) is 39.2 Å². The monoisotopic (exact) mass is 456 g/mol. The molecule has 4 aromatic rings. The lowest BCUT2D eigenvalue weighted by atomic mass is 9.98. The summed E-state index contributed by atoms with van der Waals surface area (Å²) in [7, 11) is 0. The molecule has 0 aliphatic carbocycles. The van der Waals surface area contributed by atoms with Crippen molar-refractivity contribution in [3.8, 4) is 0 Å². The van der Waals surface area contributed by atoms with Gasteiger partial charge in [0.25, 0.3) is 5.91 Å². The van der Waals surface area contributed by atoms with Crippen molar-refractivity contribution in [1.29, 1.82) is 0 Å². The molecule has 0 spiro atoms. The summed E-state index contributed by atoms with van der Waals surface area (Å²) in [6.07, 6.45) is 1.44. The Bertz CT molecular complexity index is 1370. The molecule has 5 rings (SSSR count). The molecule has 1 amide bonds. The fourth-order valence-electron chi connectivity index (χ4n) is 3.65. The van der Waals surface area contributed by atoms with Crippen LogP contribution in [-0.2, 0) is 0 Å².